The second kappa shape index (κ2) is 3.80. The van der Waals surface area contributed by atoms with Crippen LogP contribution in [0.2, 0.25) is 0 Å². The number of carbonyl (C=O) groups excluding carboxylic acids is 1. The van der Waals surface area contributed by atoms with Crippen molar-refractivity contribution >= 4 is 5.78 Å². The van der Waals surface area contributed by atoms with E-state index in [1.807, 2.05) is 0 Å². The second-order valence-corrected chi connectivity index (χ2v) is 2.84. The summed E-state index contributed by atoms with van der Waals surface area (Å²) in [6.07, 6.45) is 0.649. The Labute approximate surface area is 65.2 Å². The summed E-state index contributed by atoms with van der Waals surface area (Å²) >= 11 is 0. The van der Waals surface area contributed by atoms with Crippen molar-refractivity contribution in [1.82, 2.24) is 5.32 Å². The van der Waals surface area contributed by atoms with Crippen LogP contribution in [0.4, 0.5) is 0 Å². The molecule has 0 bridgehead atoms. The highest BCUT2D eigenvalue weighted by Gasteiger charge is 2.27. The molecule has 1 saturated heterocycles. The minimum atomic E-state index is -0.384. The number of aliphatic hydroxyl groups excluding tert-OH is 2. The molecule has 2 atom stereocenters. The zero-order valence-corrected chi connectivity index (χ0v) is 6.29. The summed E-state index contributed by atoms with van der Waals surface area (Å²) in [6.45, 7) is 0.268. The van der Waals surface area contributed by atoms with Gasteiger partial charge in [0.05, 0.1) is 6.61 Å². The fourth-order valence-corrected chi connectivity index (χ4v) is 1.33. The van der Waals surface area contributed by atoms with Gasteiger partial charge in [-0.15, -0.1) is 0 Å². The van der Waals surface area contributed by atoms with Crippen molar-refractivity contribution in [2.24, 2.45) is 5.92 Å². The minimum Gasteiger partial charge on any atom is -0.395 e. The lowest BCUT2D eigenvalue weighted by Crippen LogP contribution is -2.24. The van der Waals surface area contributed by atoms with Gasteiger partial charge in [0.15, 0.2) is 5.78 Å². The molecule has 1 rings (SSSR count). The quantitative estimate of drug-likeness (QED) is 0.469. The molecule has 11 heavy (non-hydrogen) atoms. The average Bonchev–Trinajstić information content (AvgIpc) is 2.50. The van der Waals surface area contributed by atoms with Crippen molar-refractivity contribution in [2.75, 3.05) is 19.8 Å². The third-order valence-corrected chi connectivity index (χ3v) is 2.05. The minimum absolute atomic E-state index is 0.0375. The molecule has 1 fully saturated rings. The Kier molecular flexibility index (Phi) is 2.99. The summed E-state index contributed by atoms with van der Waals surface area (Å²) in [5.41, 5.74) is 0. The van der Waals surface area contributed by atoms with Crippen molar-refractivity contribution < 1.29 is 15.0 Å². The van der Waals surface area contributed by atoms with Gasteiger partial charge >= 0.3 is 0 Å². The number of aliphatic hydroxyl groups is 2. The zero-order valence-electron chi connectivity index (χ0n) is 6.29. The number of nitrogens with one attached hydrogen (secondary N) is 1. The van der Waals surface area contributed by atoms with Crippen molar-refractivity contribution in [1.29, 1.82) is 0 Å². The van der Waals surface area contributed by atoms with E-state index in [4.69, 9.17) is 10.2 Å². The molecular weight excluding hydrogens is 146 g/mol. The van der Waals surface area contributed by atoms with Gasteiger partial charge in [0.25, 0.3) is 0 Å². The predicted octanol–water partition coefficient (Wildman–Crippen LogP) is -1.48. The highest BCUT2D eigenvalue weighted by molar-refractivity contribution is 5.82. The summed E-state index contributed by atoms with van der Waals surface area (Å²) in [4.78, 5) is 10.9. The Morgan fingerprint density at radius 2 is 2.27 bits per heavy atom. The molecule has 0 aromatic heterocycles. The van der Waals surface area contributed by atoms with Gasteiger partial charge < -0.3 is 15.5 Å². The fourth-order valence-electron chi connectivity index (χ4n) is 1.33. The molecule has 0 aromatic rings. The Bertz CT molecular complexity index is 149. The third-order valence-electron chi connectivity index (χ3n) is 2.05. The van der Waals surface area contributed by atoms with E-state index in [0.29, 0.717) is 13.0 Å². The molecule has 0 spiro atoms. The van der Waals surface area contributed by atoms with E-state index >= 15 is 0 Å². The Morgan fingerprint density at radius 1 is 1.55 bits per heavy atom. The number of Topliss-reactive ketones (excluding diaryl/α,β-unsaturated/α-hetero) is 1. The van der Waals surface area contributed by atoms with E-state index < -0.39 is 0 Å². The highest BCUT2D eigenvalue weighted by Crippen LogP contribution is 2.13. The van der Waals surface area contributed by atoms with E-state index in [9.17, 15) is 4.79 Å². The largest absolute Gasteiger partial charge is 0.395 e. The average molecular weight is 159 g/mol. The molecule has 1 aliphatic rings. The normalized spacial score (nSPS) is 30.7. The van der Waals surface area contributed by atoms with Gasteiger partial charge in [0.2, 0.25) is 0 Å². The number of rotatable bonds is 3. The molecule has 0 amide bonds. The summed E-state index contributed by atoms with van der Waals surface area (Å²) in [5, 5.41) is 20.2. The first-order chi connectivity index (χ1) is 5.27. The Morgan fingerprint density at radius 3 is 2.73 bits per heavy atom. The van der Waals surface area contributed by atoms with Gasteiger partial charge in [0, 0.05) is 18.5 Å². The van der Waals surface area contributed by atoms with E-state index in [-0.39, 0.29) is 31.0 Å². The fraction of sp³-hybridized carbons (Fsp3) is 0.857. The smallest absolute Gasteiger partial charge is 0.162 e. The molecule has 64 valence electrons. The lowest BCUT2D eigenvalue weighted by Gasteiger charge is -2.04. The van der Waals surface area contributed by atoms with Crippen LogP contribution >= 0.6 is 0 Å². The number of ketones is 1. The second-order valence-electron chi connectivity index (χ2n) is 2.84. The van der Waals surface area contributed by atoms with Crippen LogP contribution in [0.3, 0.4) is 0 Å². The molecule has 2 unspecified atom stereocenters. The van der Waals surface area contributed by atoms with E-state index in [1.165, 1.54) is 0 Å². The molecule has 0 radical (unpaired) electrons. The SMILES string of the molecule is O=C(CO)C1CNC(CO)C1. The van der Waals surface area contributed by atoms with Crippen LogP contribution in [0, 0.1) is 5.92 Å². The van der Waals surface area contributed by atoms with Gasteiger partial charge in [-0.05, 0) is 6.42 Å². The van der Waals surface area contributed by atoms with Gasteiger partial charge in [-0.25, -0.2) is 0 Å². The van der Waals surface area contributed by atoms with Crippen LogP contribution in [0.15, 0.2) is 0 Å². The van der Waals surface area contributed by atoms with Crippen molar-refractivity contribution in [3.8, 4) is 0 Å². The summed E-state index contributed by atoms with van der Waals surface area (Å²) in [6, 6.07) is 0.0375. The standard InChI is InChI=1S/C7H13NO3/c9-3-6-1-5(2-8-6)7(11)4-10/h5-6,8-10H,1-4H2. The first kappa shape index (κ1) is 8.64. The first-order valence-corrected chi connectivity index (χ1v) is 3.75. The van der Waals surface area contributed by atoms with Crippen LogP contribution in [0.25, 0.3) is 0 Å². The van der Waals surface area contributed by atoms with Crippen molar-refractivity contribution in [3.63, 3.8) is 0 Å². The lowest BCUT2D eigenvalue weighted by atomic mass is 10.0. The zero-order chi connectivity index (χ0) is 8.27. The maximum absolute atomic E-state index is 10.9. The van der Waals surface area contributed by atoms with Crippen LogP contribution in [-0.4, -0.2) is 41.8 Å². The molecule has 0 aromatic carbocycles. The Balaban J connectivity index is 2.35. The highest BCUT2D eigenvalue weighted by atomic mass is 16.3. The monoisotopic (exact) mass is 159 g/mol. The maximum Gasteiger partial charge on any atom is 0.162 e. The van der Waals surface area contributed by atoms with E-state index in [2.05, 4.69) is 5.32 Å². The molecule has 3 N–H and O–H groups in total. The molecule has 1 aliphatic heterocycles. The maximum atomic E-state index is 10.9. The molecule has 1 heterocycles. The summed E-state index contributed by atoms with van der Waals surface area (Å²) in [5.74, 6) is -0.231. The van der Waals surface area contributed by atoms with Crippen LogP contribution < -0.4 is 5.32 Å². The lowest BCUT2D eigenvalue weighted by molar-refractivity contribution is -0.125. The van der Waals surface area contributed by atoms with E-state index in [1.54, 1.807) is 0 Å². The third kappa shape index (κ3) is 1.99. The first-order valence-electron chi connectivity index (χ1n) is 3.75. The number of hydrogen-bond acceptors (Lipinski definition) is 4. The number of carbonyl (C=O) groups is 1. The van der Waals surface area contributed by atoms with Gasteiger partial charge in [0.1, 0.15) is 6.61 Å². The number of hydrogen-bond donors (Lipinski definition) is 3. The van der Waals surface area contributed by atoms with Gasteiger partial charge in [-0.1, -0.05) is 0 Å². The topological polar surface area (TPSA) is 69.6 Å². The molecular formula is C7H13NO3. The predicted molar refractivity (Wildman–Crippen MR) is 39.1 cm³/mol. The molecule has 4 nitrogen and oxygen atoms in total. The van der Waals surface area contributed by atoms with Crippen LogP contribution in [0.5, 0.6) is 0 Å². The van der Waals surface area contributed by atoms with Gasteiger partial charge in [-0.3, -0.25) is 4.79 Å². The van der Waals surface area contributed by atoms with Crippen molar-refractivity contribution in [2.45, 2.75) is 12.5 Å². The van der Waals surface area contributed by atoms with Crippen LogP contribution in [0.1, 0.15) is 6.42 Å². The van der Waals surface area contributed by atoms with Crippen molar-refractivity contribution in [3.05, 3.63) is 0 Å². The molecule has 0 aliphatic carbocycles. The molecule has 0 saturated carbocycles. The van der Waals surface area contributed by atoms with E-state index in [0.717, 1.165) is 0 Å². The van der Waals surface area contributed by atoms with Gasteiger partial charge in [-0.2, -0.15) is 0 Å². The summed E-state index contributed by atoms with van der Waals surface area (Å²) < 4.78 is 0. The summed E-state index contributed by atoms with van der Waals surface area (Å²) in [7, 11) is 0. The molecule has 4 heteroatoms. The Hall–Kier alpha value is -0.450. The van der Waals surface area contributed by atoms with Crippen LogP contribution in [-0.2, 0) is 4.79 Å².